The highest BCUT2D eigenvalue weighted by atomic mass is 14.9. The van der Waals surface area contributed by atoms with Crippen molar-refractivity contribution in [3.8, 4) is 0 Å². The molecule has 96 valence electrons. The summed E-state index contributed by atoms with van der Waals surface area (Å²) < 4.78 is 0. The lowest BCUT2D eigenvalue weighted by atomic mass is 9.79. The molecule has 1 rings (SSSR count). The molecule has 0 saturated carbocycles. The second-order valence-corrected chi connectivity index (χ2v) is 5.01. The van der Waals surface area contributed by atoms with Crippen molar-refractivity contribution in [1.29, 1.82) is 0 Å². The summed E-state index contributed by atoms with van der Waals surface area (Å²) in [4.78, 5) is 0. The number of likely N-dealkylation sites (N-methyl/N-ethyl adjacent to an activating group) is 1. The summed E-state index contributed by atoms with van der Waals surface area (Å²) in [7, 11) is 2.10. The van der Waals surface area contributed by atoms with Crippen LogP contribution in [0.5, 0.6) is 0 Å². The Morgan fingerprint density at radius 3 is 2.24 bits per heavy atom. The van der Waals surface area contributed by atoms with Crippen molar-refractivity contribution in [2.24, 2.45) is 5.92 Å². The first kappa shape index (κ1) is 14.2. The first-order chi connectivity index (χ1) is 8.24. The first-order valence-electron chi connectivity index (χ1n) is 6.96. The number of hydrogen-bond donors (Lipinski definition) is 1. The molecule has 1 aromatic rings. The minimum atomic E-state index is 0.595. The number of rotatable bonds is 7. The summed E-state index contributed by atoms with van der Waals surface area (Å²) in [5.74, 6) is 1.35. The van der Waals surface area contributed by atoms with Crippen molar-refractivity contribution in [2.75, 3.05) is 7.05 Å². The molecule has 1 aromatic carbocycles. The number of benzene rings is 1. The van der Waals surface area contributed by atoms with Crippen LogP contribution in [-0.4, -0.2) is 13.1 Å². The molecule has 0 fully saturated rings. The van der Waals surface area contributed by atoms with Crippen molar-refractivity contribution >= 4 is 0 Å². The largest absolute Gasteiger partial charge is 0.316 e. The third-order valence-electron chi connectivity index (χ3n) is 3.85. The highest BCUT2D eigenvalue weighted by molar-refractivity contribution is 5.22. The molecule has 3 atom stereocenters. The van der Waals surface area contributed by atoms with Crippen LogP contribution in [0.1, 0.15) is 51.5 Å². The Labute approximate surface area is 107 Å². The lowest BCUT2D eigenvalue weighted by molar-refractivity contribution is 0.332. The van der Waals surface area contributed by atoms with Gasteiger partial charge in [-0.25, -0.2) is 0 Å². The molecule has 0 aliphatic rings. The van der Waals surface area contributed by atoms with Crippen molar-refractivity contribution in [3.05, 3.63) is 35.9 Å². The van der Waals surface area contributed by atoms with Gasteiger partial charge in [0, 0.05) is 12.0 Å². The summed E-state index contributed by atoms with van der Waals surface area (Å²) in [6.07, 6.45) is 3.73. The van der Waals surface area contributed by atoms with E-state index in [2.05, 4.69) is 63.5 Å². The van der Waals surface area contributed by atoms with E-state index in [1.165, 1.54) is 24.8 Å². The predicted molar refractivity (Wildman–Crippen MR) is 76.4 cm³/mol. The Kier molecular flexibility index (Phi) is 6.28. The van der Waals surface area contributed by atoms with E-state index in [-0.39, 0.29) is 0 Å². The van der Waals surface area contributed by atoms with E-state index < -0.39 is 0 Å². The molecule has 0 heterocycles. The third kappa shape index (κ3) is 3.85. The van der Waals surface area contributed by atoms with E-state index in [1.807, 2.05) is 0 Å². The quantitative estimate of drug-likeness (QED) is 0.744. The second kappa shape index (κ2) is 7.50. The normalized spacial score (nSPS) is 16.5. The molecule has 1 nitrogen and oxygen atoms in total. The topological polar surface area (TPSA) is 12.0 Å². The van der Waals surface area contributed by atoms with E-state index in [1.54, 1.807) is 0 Å². The van der Waals surface area contributed by atoms with Gasteiger partial charge in [-0.1, -0.05) is 63.9 Å². The van der Waals surface area contributed by atoms with E-state index >= 15 is 0 Å². The van der Waals surface area contributed by atoms with Crippen LogP contribution in [0.15, 0.2) is 30.3 Å². The van der Waals surface area contributed by atoms with E-state index in [9.17, 15) is 0 Å². The lowest BCUT2D eigenvalue weighted by Crippen LogP contribution is -2.35. The third-order valence-corrected chi connectivity index (χ3v) is 3.85. The van der Waals surface area contributed by atoms with Gasteiger partial charge < -0.3 is 5.32 Å². The van der Waals surface area contributed by atoms with Crippen LogP contribution >= 0.6 is 0 Å². The summed E-state index contributed by atoms with van der Waals surface area (Å²) in [6.45, 7) is 6.93. The van der Waals surface area contributed by atoms with Crippen molar-refractivity contribution in [2.45, 2.75) is 52.0 Å². The Morgan fingerprint density at radius 2 is 1.76 bits per heavy atom. The zero-order valence-corrected chi connectivity index (χ0v) is 11.7. The Balaban J connectivity index is 2.94. The van der Waals surface area contributed by atoms with Crippen LogP contribution < -0.4 is 5.32 Å². The van der Waals surface area contributed by atoms with Crippen LogP contribution in [0.3, 0.4) is 0 Å². The molecule has 0 aliphatic carbocycles. The summed E-state index contributed by atoms with van der Waals surface area (Å²) in [5.41, 5.74) is 1.48. The molecular formula is C16H27N. The van der Waals surface area contributed by atoms with Crippen molar-refractivity contribution in [3.63, 3.8) is 0 Å². The molecular weight excluding hydrogens is 206 g/mol. The highest BCUT2D eigenvalue weighted by Gasteiger charge is 2.25. The molecule has 0 spiro atoms. The van der Waals surface area contributed by atoms with Crippen LogP contribution in [-0.2, 0) is 0 Å². The molecule has 0 saturated heterocycles. The van der Waals surface area contributed by atoms with E-state index in [4.69, 9.17) is 0 Å². The molecule has 0 radical (unpaired) electrons. The first-order valence-corrected chi connectivity index (χ1v) is 6.96. The smallest absolute Gasteiger partial charge is 0.0135 e. The summed E-state index contributed by atoms with van der Waals surface area (Å²) in [6, 6.07) is 11.6. The zero-order chi connectivity index (χ0) is 12.7. The molecule has 0 aromatic heterocycles. The number of hydrogen-bond acceptors (Lipinski definition) is 1. The van der Waals surface area contributed by atoms with Crippen molar-refractivity contribution in [1.82, 2.24) is 5.32 Å². The van der Waals surface area contributed by atoms with Crippen LogP contribution in [0.4, 0.5) is 0 Å². The maximum atomic E-state index is 3.52. The van der Waals surface area contributed by atoms with Crippen LogP contribution in [0.2, 0.25) is 0 Å². The van der Waals surface area contributed by atoms with Gasteiger partial charge in [0.05, 0.1) is 0 Å². The monoisotopic (exact) mass is 233 g/mol. The van der Waals surface area contributed by atoms with Crippen LogP contribution in [0.25, 0.3) is 0 Å². The fourth-order valence-corrected chi connectivity index (χ4v) is 2.70. The fraction of sp³-hybridized carbons (Fsp3) is 0.625. The fourth-order valence-electron chi connectivity index (χ4n) is 2.70. The van der Waals surface area contributed by atoms with Gasteiger partial charge in [0.1, 0.15) is 0 Å². The van der Waals surface area contributed by atoms with Gasteiger partial charge in [0.25, 0.3) is 0 Å². The second-order valence-electron chi connectivity index (χ2n) is 5.01. The molecule has 17 heavy (non-hydrogen) atoms. The standard InChI is InChI=1S/C16H27N/c1-5-10-15(17-4)16(13(3)6-2)14-11-8-7-9-12-14/h7-9,11-13,15-17H,5-6,10H2,1-4H3. The molecule has 0 amide bonds. The molecule has 3 unspecified atom stereocenters. The zero-order valence-electron chi connectivity index (χ0n) is 11.7. The maximum Gasteiger partial charge on any atom is 0.0135 e. The van der Waals surface area contributed by atoms with Gasteiger partial charge in [0.15, 0.2) is 0 Å². The van der Waals surface area contributed by atoms with Crippen molar-refractivity contribution < 1.29 is 0 Å². The van der Waals surface area contributed by atoms with Gasteiger partial charge in [-0.3, -0.25) is 0 Å². The Morgan fingerprint density at radius 1 is 1.12 bits per heavy atom. The average molecular weight is 233 g/mol. The van der Waals surface area contributed by atoms with Crippen LogP contribution in [0, 0.1) is 5.92 Å². The highest BCUT2D eigenvalue weighted by Crippen LogP contribution is 2.31. The van der Waals surface area contributed by atoms with Gasteiger partial charge in [-0.05, 0) is 24.9 Å². The summed E-state index contributed by atoms with van der Waals surface area (Å²) >= 11 is 0. The van der Waals surface area contributed by atoms with Gasteiger partial charge >= 0.3 is 0 Å². The Hall–Kier alpha value is -0.820. The molecule has 1 heteroatoms. The molecule has 0 bridgehead atoms. The molecule has 0 aliphatic heterocycles. The maximum absolute atomic E-state index is 3.52. The lowest BCUT2D eigenvalue weighted by Gasteiger charge is -2.32. The minimum absolute atomic E-state index is 0.595. The van der Waals surface area contributed by atoms with E-state index in [0.717, 1.165) is 5.92 Å². The Bertz CT molecular complexity index is 294. The summed E-state index contributed by atoms with van der Waals surface area (Å²) in [5, 5.41) is 3.52. The average Bonchev–Trinajstić information content (AvgIpc) is 2.39. The molecule has 1 N–H and O–H groups in total. The van der Waals surface area contributed by atoms with Gasteiger partial charge in [-0.15, -0.1) is 0 Å². The number of nitrogens with one attached hydrogen (secondary N) is 1. The minimum Gasteiger partial charge on any atom is -0.316 e. The van der Waals surface area contributed by atoms with Gasteiger partial charge in [0.2, 0.25) is 0 Å². The SMILES string of the molecule is CCCC(NC)C(c1ccccc1)C(C)CC. The van der Waals surface area contributed by atoms with Gasteiger partial charge in [-0.2, -0.15) is 0 Å². The van der Waals surface area contributed by atoms with E-state index in [0.29, 0.717) is 12.0 Å². The predicted octanol–water partition coefficient (Wildman–Crippen LogP) is 4.20.